The molecule has 0 spiro atoms. The summed E-state index contributed by atoms with van der Waals surface area (Å²) < 4.78 is 10.7. The number of carbonyl (C=O) groups is 3. The van der Waals surface area contributed by atoms with Crippen LogP contribution in [0.3, 0.4) is 0 Å². The number of carbonyl (C=O) groups excluding carboxylic acids is 2. The zero-order chi connectivity index (χ0) is 18.9. The zero-order valence-electron chi connectivity index (χ0n) is 14.0. The minimum Gasteiger partial charge on any atom is -0.484 e. The molecule has 2 fully saturated rings. The average Bonchev–Trinajstić information content (AvgIpc) is 2.64. The topological polar surface area (TPSA) is 105 Å². The van der Waals surface area contributed by atoms with Crippen LogP contribution < -0.4 is 10.1 Å². The maximum atomic E-state index is 12.6. The van der Waals surface area contributed by atoms with E-state index < -0.39 is 34.9 Å². The Bertz CT molecular complexity index is 755. The summed E-state index contributed by atoms with van der Waals surface area (Å²) >= 11 is 1.30. The van der Waals surface area contributed by atoms with Crippen LogP contribution >= 0.6 is 11.8 Å². The van der Waals surface area contributed by atoms with Crippen molar-refractivity contribution in [3.05, 3.63) is 42.5 Å². The Kier molecular flexibility index (Phi) is 4.92. The number of ether oxygens (including phenoxy) is 2. The Balaban J connectivity index is 1.70. The van der Waals surface area contributed by atoms with E-state index >= 15 is 0 Å². The molecule has 0 saturated carbocycles. The number of benzene rings is 1. The van der Waals surface area contributed by atoms with Crippen LogP contribution in [0, 0.1) is 0 Å². The first kappa shape index (κ1) is 18.3. The highest BCUT2D eigenvalue weighted by Gasteiger charge is 2.67. The molecule has 0 aliphatic carbocycles. The first-order valence-electron chi connectivity index (χ1n) is 7.79. The molecule has 0 radical (unpaired) electrons. The van der Waals surface area contributed by atoms with Crippen molar-refractivity contribution < 1.29 is 29.0 Å². The zero-order valence-corrected chi connectivity index (χ0v) is 14.8. The van der Waals surface area contributed by atoms with Crippen LogP contribution in [-0.2, 0) is 19.1 Å². The second-order valence-corrected chi connectivity index (χ2v) is 6.93. The average molecular weight is 378 g/mol. The van der Waals surface area contributed by atoms with E-state index in [0.29, 0.717) is 17.1 Å². The molecule has 8 nitrogen and oxygen atoms in total. The molecule has 2 saturated heterocycles. The predicted molar refractivity (Wildman–Crippen MR) is 93.5 cm³/mol. The maximum Gasteiger partial charge on any atom is 0.330 e. The summed E-state index contributed by atoms with van der Waals surface area (Å²) in [6, 6.07) is 7.66. The number of aliphatic carboxylic acids is 1. The molecule has 3 atom stereocenters. The van der Waals surface area contributed by atoms with Crippen molar-refractivity contribution in [1.29, 1.82) is 0 Å². The third-order valence-corrected chi connectivity index (χ3v) is 5.65. The van der Waals surface area contributed by atoms with Crippen LogP contribution in [0.25, 0.3) is 0 Å². The third-order valence-electron chi connectivity index (χ3n) is 4.24. The van der Waals surface area contributed by atoms with Gasteiger partial charge in [-0.1, -0.05) is 24.8 Å². The van der Waals surface area contributed by atoms with E-state index in [-0.39, 0.29) is 6.61 Å². The monoisotopic (exact) mass is 378 g/mol. The van der Waals surface area contributed by atoms with Gasteiger partial charge in [0, 0.05) is 12.9 Å². The molecule has 0 bridgehead atoms. The van der Waals surface area contributed by atoms with Gasteiger partial charge in [-0.2, -0.15) is 0 Å². The van der Waals surface area contributed by atoms with Crippen molar-refractivity contribution in [3.63, 3.8) is 0 Å². The number of methoxy groups -OCH3 is 1. The predicted octanol–water partition coefficient (Wildman–Crippen LogP) is 0.449. The van der Waals surface area contributed by atoms with Gasteiger partial charge in [0.25, 0.3) is 17.5 Å². The van der Waals surface area contributed by atoms with Crippen molar-refractivity contribution in [2.45, 2.75) is 17.1 Å². The van der Waals surface area contributed by atoms with Crippen molar-refractivity contribution in [3.8, 4) is 5.75 Å². The highest BCUT2D eigenvalue weighted by molar-refractivity contribution is 8.00. The highest BCUT2D eigenvalue weighted by atomic mass is 32.2. The number of hydrogen-bond donors (Lipinski definition) is 2. The number of hydrogen-bond acceptors (Lipinski definition) is 6. The van der Waals surface area contributed by atoms with Gasteiger partial charge in [-0.05, 0) is 17.7 Å². The molecule has 1 aromatic rings. The van der Waals surface area contributed by atoms with E-state index in [1.807, 2.05) is 6.07 Å². The van der Waals surface area contributed by atoms with Gasteiger partial charge in [-0.3, -0.25) is 9.59 Å². The lowest BCUT2D eigenvalue weighted by molar-refractivity contribution is -0.202. The minimum atomic E-state index is -1.60. The van der Waals surface area contributed by atoms with Crippen LogP contribution in [-0.4, -0.2) is 64.4 Å². The first-order valence-corrected chi connectivity index (χ1v) is 8.84. The van der Waals surface area contributed by atoms with Gasteiger partial charge < -0.3 is 24.8 Å². The molecule has 2 amide bonds. The molecule has 2 aliphatic heterocycles. The number of fused-ring (bicyclic) bond motifs is 1. The quantitative estimate of drug-likeness (QED) is 0.421. The van der Waals surface area contributed by atoms with Crippen molar-refractivity contribution >= 4 is 29.5 Å². The fourth-order valence-electron chi connectivity index (χ4n) is 3.00. The summed E-state index contributed by atoms with van der Waals surface area (Å²) in [4.78, 5) is 37.6. The molecule has 2 heterocycles. The summed E-state index contributed by atoms with van der Waals surface area (Å²) in [5.74, 6) is -1.44. The van der Waals surface area contributed by atoms with Gasteiger partial charge in [-0.25, -0.2) is 4.79 Å². The molecule has 138 valence electrons. The van der Waals surface area contributed by atoms with E-state index in [0.717, 1.165) is 0 Å². The number of carboxylic acids is 1. The van der Waals surface area contributed by atoms with Crippen molar-refractivity contribution in [1.82, 2.24) is 10.2 Å². The lowest BCUT2D eigenvalue weighted by Gasteiger charge is -2.58. The summed E-state index contributed by atoms with van der Waals surface area (Å²) in [7, 11) is 1.30. The Labute approximate surface area is 154 Å². The van der Waals surface area contributed by atoms with E-state index in [9.17, 15) is 19.5 Å². The largest absolute Gasteiger partial charge is 0.484 e. The van der Waals surface area contributed by atoms with E-state index in [1.165, 1.54) is 23.8 Å². The van der Waals surface area contributed by atoms with Crippen molar-refractivity contribution in [2.75, 3.05) is 19.5 Å². The fourth-order valence-corrected chi connectivity index (χ4v) is 4.40. The SMILES string of the molecule is C=C1CS[C@H]2N(C(=O)C2(NC(=O)COc2ccccc2)OC)C1C(=O)O. The molecule has 2 unspecified atom stereocenters. The van der Waals surface area contributed by atoms with Gasteiger partial charge in [0.1, 0.15) is 11.1 Å². The lowest BCUT2D eigenvalue weighted by atomic mass is 9.95. The summed E-state index contributed by atoms with van der Waals surface area (Å²) in [5.41, 5.74) is -1.17. The number of amides is 2. The van der Waals surface area contributed by atoms with Gasteiger partial charge in [0.15, 0.2) is 12.6 Å². The summed E-state index contributed by atoms with van der Waals surface area (Å²) in [5, 5.41) is 11.3. The number of nitrogens with zero attached hydrogens (tertiary/aromatic N) is 1. The maximum absolute atomic E-state index is 12.6. The van der Waals surface area contributed by atoms with E-state index in [2.05, 4.69) is 11.9 Å². The molecule has 2 aliphatic rings. The molecule has 3 rings (SSSR count). The number of nitrogens with one attached hydrogen (secondary N) is 1. The standard InChI is InChI=1S/C17H18N2O6S/c1-10-9-26-16-17(24-2,15(23)19(16)13(10)14(21)22)18-12(20)8-25-11-6-4-3-5-7-11/h3-7,13,16H,1,8-9H2,2H3,(H,18,20)(H,21,22)/t13?,16-,17?/m1/s1. The summed E-state index contributed by atoms with van der Waals surface area (Å²) in [6.45, 7) is 3.43. The molecule has 9 heteroatoms. The highest BCUT2D eigenvalue weighted by Crippen LogP contribution is 2.46. The van der Waals surface area contributed by atoms with Crippen LogP contribution in [0.2, 0.25) is 0 Å². The normalized spacial score (nSPS) is 27.3. The van der Waals surface area contributed by atoms with Gasteiger partial charge in [-0.15, -0.1) is 11.8 Å². The molecule has 0 aromatic heterocycles. The number of carboxylic acid groups (broad SMARTS) is 1. The summed E-state index contributed by atoms with van der Waals surface area (Å²) in [6.07, 6.45) is 0. The Morgan fingerprint density at radius 3 is 2.73 bits per heavy atom. The molecular weight excluding hydrogens is 360 g/mol. The second kappa shape index (κ2) is 7.00. The van der Waals surface area contributed by atoms with Gasteiger partial charge in [0.05, 0.1) is 0 Å². The third kappa shape index (κ3) is 2.93. The van der Waals surface area contributed by atoms with E-state index in [4.69, 9.17) is 9.47 Å². The molecule has 2 N–H and O–H groups in total. The number of β-lactam (4-membered cyclic amide) rings is 1. The van der Waals surface area contributed by atoms with Gasteiger partial charge in [0.2, 0.25) is 0 Å². The molecule has 1 aromatic carbocycles. The first-order chi connectivity index (χ1) is 12.4. The van der Waals surface area contributed by atoms with E-state index in [1.54, 1.807) is 24.3 Å². The Hall–Kier alpha value is -2.52. The second-order valence-electron chi connectivity index (χ2n) is 5.86. The van der Waals surface area contributed by atoms with Crippen LogP contribution in [0.15, 0.2) is 42.5 Å². The van der Waals surface area contributed by atoms with Crippen LogP contribution in [0.4, 0.5) is 0 Å². The number of rotatable bonds is 6. The number of thioether (sulfide) groups is 1. The van der Waals surface area contributed by atoms with Crippen LogP contribution in [0.1, 0.15) is 0 Å². The minimum absolute atomic E-state index is 0.297. The van der Waals surface area contributed by atoms with Crippen LogP contribution in [0.5, 0.6) is 5.75 Å². The fraction of sp³-hybridized carbons (Fsp3) is 0.353. The smallest absolute Gasteiger partial charge is 0.330 e. The Morgan fingerprint density at radius 2 is 2.12 bits per heavy atom. The number of para-hydroxylation sites is 1. The van der Waals surface area contributed by atoms with Crippen molar-refractivity contribution in [2.24, 2.45) is 0 Å². The van der Waals surface area contributed by atoms with Gasteiger partial charge >= 0.3 is 5.97 Å². The molecular formula is C17H18N2O6S. The molecule has 26 heavy (non-hydrogen) atoms. The Morgan fingerprint density at radius 1 is 1.42 bits per heavy atom. The lowest BCUT2D eigenvalue weighted by Crippen LogP contribution is -2.83.